The van der Waals surface area contributed by atoms with Crippen LogP contribution in [0.1, 0.15) is 34.9 Å². The summed E-state index contributed by atoms with van der Waals surface area (Å²) in [6.07, 6.45) is 6.09. The average molecular weight is 484 g/mol. The van der Waals surface area contributed by atoms with E-state index in [1.807, 2.05) is 83.6 Å². The molecule has 0 aliphatic carbocycles. The SMILES string of the molecule is COc1ccc(C2=NN(C(=O)CN(C)Cc3cnn(Cc4ccccc4)c3)C(c3ccco3)C2)cc1. The molecule has 2 aromatic carbocycles. The van der Waals surface area contributed by atoms with Gasteiger partial charge in [0.05, 0.1) is 38.4 Å². The van der Waals surface area contributed by atoms with E-state index in [2.05, 4.69) is 17.2 Å². The van der Waals surface area contributed by atoms with Crippen molar-refractivity contribution in [2.24, 2.45) is 5.10 Å². The zero-order valence-corrected chi connectivity index (χ0v) is 20.4. The van der Waals surface area contributed by atoms with E-state index >= 15 is 0 Å². The van der Waals surface area contributed by atoms with Gasteiger partial charge in [0.15, 0.2) is 0 Å². The molecule has 0 saturated carbocycles. The molecule has 4 aromatic rings. The second kappa shape index (κ2) is 10.6. The summed E-state index contributed by atoms with van der Waals surface area (Å²) in [5, 5.41) is 10.8. The molecule has 0 N–H and O–H groups in total. The Kier molecular flexibility index (Phi) is 6.95. The molecule has 0 radical (unpaired) electrons. The monoisotopic (exact) mass is 483 g/mol. The summed E-state index contributed by atoms with van der Waals surface area (Å²) in [5.74, 6) is 1.42. The van der Waals surface area contributed by atoms with Gasteiger partial charge in [-0.2, -0.15) is 10.2 Å². The van der Waals surface area contributed by atoms with Crippen molar-refractivity contribution >= 4 is 11.6 Å². The molecule has 1 atom stereocenters. The fraction of sp³-hybridized carbons (Fsp3) is 0.250. The number of furan rings is 1. The molecule has 1 aliphatic rings. The molecule has 36 heavy (non-hydrogen) atoms. The maximum Gasteiger partial charge on any atom is 0.257 e. The Bertz CT molecular complexity index is 1310. The average Bonchev–Trinajstić information content (AvgIpc) is 3.66. The molecule has 5 rings (SSSR count). The molecule has 1 unspecified atom stereocenters. The number of benzene rings is 2. The van der Waals surface area contributed by atoms with Gasteiger partial charge in [0, 0.05) is 24.7 Å². The Morgan fingerprint density at radius 3 is 2.61 bits per heavy atom. The van der Waals surface area contributed by atoms with Gasteiger partial charge in [0.25, 0.3) is 5.91 Å². The highest BCUT2D eigenvalue weighted by atomic mass is 16.5. The fourth-order valence-corrected chi connectivity index (χ4v) is 4.42. The topological polar surface area (TPSA) is 76.1 Å². The van der Waals surface area contributed by atoms with Gasteiger partial charge < -0.3 is 9.15 Å². The van der Waals surface area contributed by atoms with Crippen LogP contribution in [0.25, 0.3) is 0 Å². The van der Waals surface area contributed by atoms with E-state index in [-0.39, 0.29) is 18.5 Å². The lowest BCUT2D eigenvalue weighted by Crippen LogP contribution is -2.36. The second-order valence-electron chi connectivity index (χ2n) is 8.95. The Balaban J connectivity index is 1.26. The van der Waals surface area contributed by atoms with E-state index in [4.69, 9.17) is 14.3 Å². The van der Waals surface area contributed by atoms with Crippen molar-refractivity contribution in [3.63, 3.8) is 0 Å². The molecular weight excluding hydrogens is 454 g/mol. The highest BCUT2D eigenvalue weighted by Gasteiger charge is 2.35. The molecule has 1 aliphatic heterocycles. The maximum atomic E-state index is 13.4. The summed E-state index contributed by atoms with van der Waals surface area (Å²) >= 11 is 0. The number of hydrogen-bond acceptors (Lipinski definition) is 6. The number of nitrogens with zero attached hydrogens (tertiary/aromatic N) is 5. The van der Waals surface area contributed by atoms with E-state index in [9.17, 15) is 4.79 Å². The van der Waals surface area contributed by atoms with Crippen molar-refractivity contribution in [1.29, 1.82) is 0 Å². The number of ether oxygens (including phenoxy) is 1. The zero-order valence-electron chi connectivity index (χ0n) is 20.4. The number of methoxy groups -OCH3 is 1. The van der Waals surface area contributed by atoms with Gasteiger partial charge in [-0.25, -0.2) is 5.01 Å². The van der Waals surface area contributed by atoms with Crippen LogP contribution in [0.15, 0.2) is 94.9 Å². The van der Waals surface area contributed by atoms with Crippen LogP contribution in [0.2, 0.25) is 0 Å². The standard InChI is InChI=1S/C28H29N5O3/c1-31(17-22-16-29-32(19-22)18-21-7-4-3-5-8-21)20-28(34)33-26(27-9-6-14-36-27)15-25(30-33)23-10-12-24(35-2)13-11-23/h3-14,16,19,26H,15,17-18,20H2,1-2H3. The third-order valence-corrected chi connectivity index (χ3v) is 6.19. The summed E-state index contributed by atoms with van der Waals surface area (Å²) in [5.41, 5.74) is 4.05. The highest BCUT2D eigenvalue weighted by Crippen LogP contribution is 2.33. The van der Waals surface area contributed by atoms with Crippen LogP contribution in [-0.4, -0.2) is 52.0 Å². The first-order chi connectivity index (χ1) is 17.6. The first-order valence-electron chi connectivity index (χ1n) is 11.9. The molecule has 0 saturated heterocycles. The zero-order chi connectivity index (χ0) is 24.9. The molecular formula is C28H29N5O3. The van der Waals surface area contributed by atoms with Crippen LogP contribution in [-0.2, 0) is 17.9 Å². The minimum atomic E-state index is -0.272. The van der Waals surface area contributed by atoms with Crippen LogP contribution in [0.4, 0.5) is 0 Å². The van der Waals surface area contributed by atoms with Crippen LogP contribution in [0.3, 0.4) is 0 Å². The van der Waals surface area contributed by atoms with Gasteiger partial charge in [-0.05, 0) is 54.6 Å². The lowest BCUT2D eigenvalue weighted by Gasteiger charge is -2.23. The molecule has 0 fully saturated rings. The molecule has 8 heteroatoms. The quantitative estimate of drug-likeness (QED) is 0.354. The second-order valence-corrected chi connectivity index (χ2v) is 8.95. The summed E-state index contributed by atoms with van der Waals surface area (Å²) < 4.78 is 12.8. The Labute approximate surface area is 210 Å². The summed E-state index contributed by atoms with van der Waals surface area (Å²) in [7, 11) is 3.57. The molecule has 184 valence electrons. The smallest absolute Gasteiger partial charge is 0.257 e. The highest BCUT2D eigenvalue weighted by molar-refractivity contribution is 6.03. The summed E-state index contributed by atoms with van der Waals surface area (Å²) in [4.78, 5) is 15.3. The third kappa shape index (κ3) is 5.39. The van der Waals surface area contributed by atoms with Crippen LogP contribution >= 0.6 is 0 Å². The van der Waals surface area contributed by atoms with Gasteiger partial charge in [-0.1, -0.05) is 30.3 Å². The van der Waals surface area contributed by atoms with Gasteiger partial charge in [-0.3, -0.25) is 14.4 Å². The molecule has 3 heterocycles. The normalized spacial score (nSPS) is 15.4. The first kappa shape index (κ1) is 23.6. The van der Waals surface area contributed by atoms with Gasteiger partial charge in [0.1, 0.15) is 17.6 Å². The lowest BCUT2D eigenvalue weighted by atomic mass is 10.0. The number of hydrogen-bond donors (Lipinski definition) is 0. The molecule has 2 aromatic heterocycles. The molecule has 1 amide bonds. The molecule has 0 spiro atoms. The number of amides is 1. The number of likely N-dealkylation sites (N-methyl/N-ethyl adjacent to an activating group) is 1. The number of hydrazone groups is 1. The molecule has 8 nitrogen and oxygen atoms in total. The number of carbonyl (C=O) groups excluding carboxylic acids is 1. The van der Waals surface area contributed by atoms with Crippen molar-refractivity contribution in [3.05, 3.63) is 108 Å². The minimum absolute atomic E-state index is 0.0842. The lowest BCUT2D eigenvalue weighted by molar-refractivity contribution is -0.134. The van der Waals surface area contributed by atoms with E-state index < -0.39 is 0 Å². The van der Waals surface area contributed by atoms with Crippen molar-refractivity contribution in [2.45, 2.75) is 25.6 Å². The predicted octanol–water partition coefficient (Wildman–Crippen LogP) is 4.34. The number of carbonyl (C=O) groups is 1. The van der Waals surface area contributed by atoms with Gasteiger partial charge in [-0.15, -0.1) is 0 Å². The van der Waals surface area contributed by atoms with E-state index in [0.717, 1.165) is 28.3 Å². The van der Waals surface area contributed by atoms with Crippen molar-refractivity contribution < 1.29 is 13.9 Å². The Hall–Kier alpha value is -4.17. The van der Waals surface area contributed by atoms with Gasteiger partial charge in [0.2, 0.25) is 0 Å². The summed E-state index contributed by atoms with van der Waals surface area (Å²) in [6, 6.07) is 21.4. The van der Waals surface area contributed by atoms with Crippen molar-refractivity contribution in [2.75, 3.05) is 20.7 Å². The molecule has 0 bridgehead atoms. The third-order valence-electron chi connectivity index (χ3n) is 6.19. The fourth-order valence-electron chi connectivity index (χ4n) is 4.42. The van der Waals surface area contributed by atoms with Crippen LogP contribution in [0.5, 0.6) is 5.75 Å². The van der Waals surface area contributed by atoms with Crippen molar-refractivity contribution in [3.8, 4) is 5.75 Å². The number of aromatic nitrogens is 2. The van der Waals surface area contributed by atoms with E-state index in [0.29, 0.717) is 19.5 Å². The Morgan fingerprint density at radius 1 is 1.08 bits per heavy atom. The van der Waals surface area contributed by atoms with E-state index in [1.165, 1.54) is 5.56 Å². The van der Waals surface area contributed by atoms with Crippen LogP contribution < -0.4 is 4.74 Å². The van der Waals surface area contributed by atoms with Gasteiger partial charge >= 0.3 is 0 Å². The predicted molar refractivity (Wildman–Crippen MR) is 137 cm³/mol. The number of rotatable bonds is 9. The van der Waals surface area contributed by atoms with Crippen molar-refractivity contribution in [1.82, 2.24) is 19.7 Å². The minimum Gasteiger partial charge on any atom is -0.497 e. The van der Waals surface area contributed by atoms with E-state index in [1.54, 1.807) is 18.4 Å². The largest absolute Gasteiger partial charge is 0.497 e. The Morgan fingerprint density at radius 2 is 1.89 bits per heavy atom. The van der Waals surface area contributed by atoms with Crippen LogP contribution in [0, 0.1) is 0 Å². The maximum absolute atomic E-state index is 13.4. The first-order valence-corrected chi connectivity index (χ1v) is 11.9. The summed E-state index contributed by atoms with van der Waals surface area (Å²) in [6.45, 7) is 1.54.